The summed E-state index contributed by atoms with van der Waals surface area (Å²) in [5.74, 6) is 0. The number of anilines is 1. The molecule has 4 nitrogen and oxygen atoms in total. The van der Waals surface area contributed by atoms with Crippen molar-refractivity contribution in [1.29, 1.82) is 0 Å². The quantitative estimate of drug-likeness (QED) is 0.543. The third-order valence-corrected chi connectivity index (χ3v) is 4.57. The largest absolute Gasteiger partial charge is 0.299 e. The maximum Gasteiger partial charge on any atom is 0.203 e. The third kappa shape index (κ3) is 5.77. The first-order chi connectivity index (χ1) is 11.2. The molecule has 0 saturated heterocycles. The Morgan fingerprint density at radius 1 is 1.30 bits per heavy atom. The molecule has 1 N–H and O–H groups in total. The fourth-order valence-corrected chi connectivity index (χ4v) is 2.98. The molecule has 0 aliphatic heterocycles. The Balaban J connectivity index is 2.01. The maximum atomic E-state index is 4.35. The van der Waals surface area contributed by atoms with Crippen LogP contribution in [0.5, 0.6) is 0 Å². The number of nitrogens with one attached hydrogen (secondary N) is 1. The standard InChI is InChI=1S/C18H26N4S/c1-4-6-11-22(5-2)13-17-10-8-7-9-16(17)12-19-21-18-20-15(3)14-23-18/h7-10,12,14H,4-6,11,13H2,1-3H3,(H,20,21). The minimum absolute atomic E-state index is 0.828. The van der Waals surface area contributed by atoms with Crippen LogP contribution in [0.3, 0.4) is 0 Å². The van der Waals surface area contributed by atoms with Gasteiger partial charge in [0.05, 0.1) is 11.9 Å². The number of hydrazone groups is 1. The Labute approximate surface area is 143 Å². The van der Waals surface area contributed by atoms with E-state index in [1.165, 1.54) is 18.4 Å². The second-order valence-corrected chi connectivity index (χ2v) is 6.44. The third-order valence-electron chi connectivity index (χ3n) is 3.71. The van der Waals surface area contributed by atoms with Crippen LogP contribution in [0.15, 0.2) is 34.7 Å². The van der Waals surface area contributed by atoms with Gasteiger partial charge in [0, 0.05) is 11.9 Å². The SMILES string of the molecule is CCCCN(CC)Cc1ccccc1C=NNc1nc(C)cs1. The summed E-state index contributed by atoms with van der Waals surface area (Å²) in [5.41, 5.74) is 6.49. The van der Waals surface area contributed by atoms with Gasteiger partial charge in [0.25, 0.3) is 0 Å². The topological polar surface area (TPSA) is 40.5 Å². The molecule has 1 aromatic carbocycles. The van der Waals surface area contributed by atoms with Gasteiger partial charge in [-0.25, -0.2) is 4.98 Å². The Morgan fingerprint density at radius 3 is 2.83 bits per heavy atom. The van der Waals surface area contributed by atoms with E-state index in [1.54, 1.807) is 11.3 Å². The average molecular weight is 331 g/mol. The van der Waals surface area contributed by atoms with Crippen LogP contribution in [0.2, 0.25) is 0 Å². The minimum Gasteiger partial charge on any atom is -0.299 e. The molecule has 0 spiro atoms. The molecule has 2 rings (SSSR count). The highest BCUT2D eigenvalue weighted by Gasteiger charge is 2.06. The van der Waals surface area contributed by atoms with Crippen LogP contribution in [0.1, 0.15) is 43.5 Å². The molecule has 0 bridgehead atoms. The monoisotopic (exact) mass is 330 g/mol. The first-order valence-electron chi connectivity index (χ1n) is 8.24. The van der Waals surface area contributed by atoms with Crippen LogP contribution < -0.4 is 5.43 Å². The van der Waals surface area contributed by atoms with Gasteiger partial charge < -0.3 is 0 Å². The Hall–Kier alpha value is -1.72. The number of nitrogens with zero attached hydrogens (tertiary/aromatic N) is 3. The lowest BCUT2D eigenvalue weighted by Gasteiger charge is -2.21. The van der Waals surface area contributed by atoms with E-state index in [0.29, 0.717) is 0 Å². The maximum absolute atomic E-state index is 4.35. The number of hydrogen-bond acceptors (Lipinski definition) is 5. The van der Waals surface area contributed by atoms with Crippen molar-refractivity contribution in [1.82, 2.24) is 9.88 Å². The van der Waals surface area contributed by atoms with E-state index in [-0.39, 0.29) is 0 Å². The average Bonchev–Trinajstić information content (AvgIpc) is 2.98. The zero-order valence-corrected chi connectivity index (χ0v) is 15.1. The lowest BCUT2D eigenvalue weighted by Crippen LogP contribution is -2.24. The van der Waals surface area contributed by atoms with Crippen LogP contribution in [0.25, 0.3) is 0 Å². The lowest BCUT2D eigenvalue weighted by molar-refractivity contribution is 0.275. The molecule has 0 radical (unpaired) electrons. The second-order valence-electron chi connectivity index (χ2n) is 5.59. The van der Waals surface area contributed by atoms with Crippen LogP contribution in [-0.2, 0) is 6.54 Å². The smallest absolute Gasteiger partial charge is 0.203 e. The fourth-order valence-electron chi connectivity index (χ4n) is 2.34. The van der Waals surface area contributed by atoms with E-state index in [4.69, 9.17) is 0 Å². The highest BCUT2D eigenvalue weighted by atomic mass is 32.1. The molecule has 0 fully saturated rings. The second kappa shape index (κ2) is 9.43. The predicted octanol–water partition coefficient (Wildman–Crippen LogP) is 4.52. The molecule has 1 aromatic heterocycles. The van der Waals surface area contributed by atoms with Gasteiger partial charge in [0.15, 0.2) is 0 Å². The zero-order chi connectivity index (χ0) is 16.5. The first-order valence-corrected chi connectivity index (χ1v) is 9.12. The van der Waals surface area contributed by atoms with Gasteiger partial charge in [-0.15, -0.1) is 11.3 Å². The van der Waals surface area contributed by atoms with Gasteiger partial charge in [0.2, 0.25) is 5.13 Å². The van der Waals surface area contributed by atoms with Crippen LogP contribution in [-0.4, -0.2) is 29.2 Å². The Bertz CT molecular complexity index is 621. The van der Waals surface area contributed by atoms with Gasteiger partial charge in [-0.2, -0.15) is 5.10 Å². The van der Waals surface area contributed by atoms with Crippen molar-refractivity contribution in [3.05, 3.63) is 46.5 Å². The number of aryl methyl sites for hydroxylation is 1. The van der Waals surface area contributed by atoms with Crippen molar-refractivity contribution >= 4 is 22.7 Å². The van der Waals surface area contributed by atoms with Crippen molar-refractivity contribution in [2.75, 3.05) is 18.5 Å². The Morgan fingerprint density at radius 2 is 2.13 bits per heavy atom. The number of rotatable bonds is 9. The molecule has 0 unspecified atom stereocenters. The van der Waals surface area contributed by atoms with Crippen LogP contribution in [0.4, 0.5) is 5.13 Å². The molecule has 1 heterocycles. The molecule has 124 valence electrons. The number of aromatic nitrogens is 1. The van der Waals surface area contributed by atoms with Gasteiger partial charge in [-0.05, 0) is 37.6 Å². The lowest BCUT2D eigenvalue weighted by atomic mass is 10.1. The molecule has 23 heavy (non-hydrogen) atoms. The summed E-state index contributed by atoms with van der Waals surface area (Å²) in [5, 5.41) is 7.18. The molecular weight excluding hydrogens is 304 g/mol. The highest BCUT2D eigenvalue weighted by molar-refractivity contribution is 7.13. The molecule has 0 atom stereocenters. The van der Waals surface area contributed by atoms with Crippen molar-refractivity contribution < 1.29 is 0 Å². The van der Waals surface area contributed by atoms with E-state index < -0.39 is 0 Å². The highest BCUT2D eigenvalue weighted by Crippen LogP contribution is 2.15. The van der Waals surface area contributed by atoms with Crippen molar-refractivity contribution in [2.24, 2.45) is 5.10 Å². The fraction of sp³-hybridized carbons (Fsp3) is 0.444. The number of thiazole rings is 1. The van der Waals surface area contributed by atoms with Crippen LogP contribution in [0, 0.1) is 6.92 Å². The summed E-state index contributed by atoms with van der Waals surface area (Å²) in [6.07, 6.45) is 4.37. The molecule has 0 aliphatic rings. The van der Waals surface area contributed by atoms with Gasteiger partial charge in [-0.1, -0.05) is 44.5 Å². The molecular formula is C18H26N4S. The van der Waals surface area contributed by atoms with Crippen molar-refractivity contribution in [2.45, 2.75) is 40.2 Å². The summed E-state index contributed by atoms with van der Waals surface area (Å²) in [6.45, 7) is 9.63. The molecule has 0 saturated carbocycles. The van der Waals surface area contributed by atoms with E-state index >= 15 is 0 Å². The van der Waals surface area contributed by atoms with Crippen molar-refractivity contribution in [3.63, 3.8) is 0 Å². The molecule has 5 heteroatoms. The van der Waals surface area contributed by atoms with Gasteiger partial charge >= 0.3 is 0 Å². The summed E-state index contributed by atoms with van der Waals surface area (Å²) in [7, 11) is 0. The summed E-state index contributed by atoms with van der Waals surface area (Å²) < 4.78 is 0. The normalized spacial score (nSPS) is 11.5. The number of benzene rings is 1. The minimum atomic E-state index is 0.828. The summed E-state index contributed by atoms with van der Waals surface area (Å²) >= 11 is 1.57. The molecule has 0 aliphatic carbocycles. The zero-order valence-electron chi connectivity index (χ0n) is 14.2. The molecule has 2 aromatic rings. The summed E-state index contributed by atoms with van der Waals surface area (Å²) in [4.78, 5) is 6.83. The Kier molecular flexibility index (Phi) is 7.23. The number of hydrogen-bond donors (Lipinski definition) is 1. The van der Waals surface area contributed by atoms with E-state index in [2.05, 4.69) is 58.5 Å². The number of unbranched alkanes of at least 4 members (excludes halogenated alkanes) is 1. The summed E-state index contributed by atoms with van der Waals surface area (Å²) in [6, 6.07) is 8.45. The van der Waals surface area contributed by atoms with Gasteiger partial charge in [-0.3, -0.25) is 10.3 Å². The van der Waals surface area contributed by atoms with Crippen LogP contribution >= 0.6 is 11.3 Å². The first kappa shape index (κ1) is 17.6. The molecule has 0 amide bonds. The van der Waals surface area contributed by atoms with E-state index in [1.807, 2.05) is 18.5 Å². The van der Waals surface area contributed by atoms with E-state index in [0.717, 1.165) is 36.0 Å². The van der Waals surface area contributed by atoms with Gasteiger partial charge in [0.1, 0.15) is 0 Å². The predicted molar refractivity (Wildman–Crippen MR) is 100 cm³/mol. The van der Waals surface area contributed by atoms with E-state index in [9.17, 15) is 0 Å². The van der Waals surface area contributed by atoms with Crippen molar-refractivity contribution in [3.8, 4) is 0 Å².